The summed E-state index contributed by atoms with van der Waals surface area (Å²) in [6, 6.07) is 8.51. The highest BCUT2D eigenvalue weighted by atomic mass is 17.9. The zero-order chi connectivity index (χ0) is 19.4. The van der Waals surface area contributed by atoms with Crippen molar-refractivity contribution in [3.63, 3.8) is 0 Å². The highest BCUT2D eigenvalue weighted by molar-refractivity contribution is 5.19. The molecule has 0 fully saturated rings. The van der Waals surface area contributed by atoms with Gasteiger partial charge < -0.3 is 9.78 Å². The van der Waals surface area contributed by atoms with Crippen molar-refractivity contribution < 1.29 is 50.1 Å². The molecule has 0 saturated heterocycles. The lowest BCUT2D eigenvalue weighted by molar-refractivity contribution is -0.840. The predicted octanol–water partition coefficient (Wildman–Crippen LogP) is 5.10. The lowest BCUT2D eigenvalue weighted by atomic mass is 10.1. The first-order chi connectivity index (χ1) is 13.3. The molecule has 0 aliphatic rings. The van der Waals surface area contributed by atoms with E-state index in [1.54, 1.807) is 30.3 Å². The minimum absolute atomic E-state index is 0.379. The van der Waals surface area contributed by atoms with E-state index in [9.17, 15) is 0 Å². The topological polar surface area (TPSA) is 92.3 Å². The van der Waals surface area contributed by atoms with Crippen LogP contribution in [0.1, 0.15) is 58.3 Å². The van der Waals surface area contributed by atoms with Crippen LogP contribution in [0.5, 0.6) is 5.75 Å². The number of para-hydroxylation sites is 1. The molecule has 0 N–H and O–H groups in total. The van der Waals surface area contributed by atoms with Gasteiger partial charge in [0.25, 0.3) is 0 Å². The Hall–Kier alpha value is -1.76. The first-order valence-corrected chi connectivity index (χ1v) is 8.73. The van der Waals surface area contributed by atoms with Crippen molar-refractivity contribution >= 4 is 0 Å². The van der Waals surface area contributed by atoms with Gasteiger partial charge in [-0.3, -0.25) is 0 Å². The molecule has 0 radical (unpaired) electrons. The summed E-state index contributed by atoms with van der Waals surface area (Å²) in [6.07, 6.45) is 8.96. The Morgan fingerprint density at radius 2 is 1.26 bits per heavy atom. The lowest BCUT2D eigenvalue weighted by Gasteiger charge is -2.05. The van der Waals surface area contributed by atoms with E-state index in [0.717, 1.165) is 12.8 Å². The fourth-order valence-electron chi connectivity index (χ4n) is 1.98. The minimum atomic E-state index is 0.379. The zero-order valence-electron chi connectivity index (χ0n) is 15.3. The third kappa shape index (κ3) is 15.0. The van der Waals surface area contributed by atoms with E-state index >= 15 is 0 Å². The number of hydrogen-bond acceptors (Lipinski definition) is 10. The van der Waals surface area contributed by atoms with Gasteiger partial charge in [0, 0.05) is 46.7 Å². The monoisotopic (exact) mass is 390 g/mol. The molecular weight excluding hydrogens is 364 g/mol. The Kier molecular flexibility index (Phi) is 15.2. The van der Waals surface area contributed by atoms with Crippen molar-refractivity contribution in [3.8, 4) is 5.75 Å². The molecule has 1 aromatic carbocycles. The van der Waals surface area contributed by atoms with Crippen LogP contribution in [0, 0.1) is 0 Å². The smallest absolute Gasteiger partial charge is 0.168 e. The fraction of sp³-hybridized carbons (Fsp3) is 0.529. The molecule has 0 amide bonds. The maximum Gasteiger partial charge on any atom is 0.168 e. The van der Waals surface area contributed by atoms with Gasteiger partial charge in [-0.2, -0.15) is 0 Å². The van der Waals surface area contributed by atoms with Gasteiger partial charge in [0.05, 0.1) is 0 Å². The quantitative estimate of drug-likeness (QED) is 0.137. The molecule has 1 rings (SSSR count). The van der Waals surface area contributed by atoms with Crippen molar-refractivity contribution in [2.24, 2.45) is 0 Å². The van der Waals surface area contributed by atoms with Crippen molar-refractivity contribution in [1.29, 1.82) is 0 Å². The normalized spacial score (nSPS) is 10.7. The summed E-state index contributed by atoms with van der Waals surface area (Å²) >= 11 is 0. The van der Waals surface area contributed by atoms with Crippen LogP contribution in [-0.2, 0) is 45.2 Å². The molecular formula is C17H26O10. The summed E-state index contributed by atoms with van der Waals surface area (Å²) in [7, 11) is 0. The predicted molar refractivity (Wildman–Crippen MR) is 88.6 cm³/mol. The molecule has 0 aliphatic carbocycles. The number of benzene rings is 1. The SMILES string of the molecule is C=C(CCCCCCCCC)OOOOOOOOOOc1ccccc1. The molecule has 0 spiro atoms. The molecule has 1 aromatic rings. The van der Waals surface area contributed by atoms with Gasteiger partial charge in [0.2, 0.25) is 0 Å². The van der Waals surface area contributed by atoms with E-state index in [2.05, 4.69) is 63.6 Å². The number of hydrogen-bond donors (Lipinski definition) is 0. The van der Waals surface area contributed by atoms with Crippen LogP contribution in [0.15, 0.2) is 42.7 Å². The van der Waals surface area contributed by atoms with Crippen LogP contribution in [-0.4, -0.2) is 0 Å². The second-order valence-electron chi connectivity index (χ2n) is 5.43. The van der Waals surface area contributed by atoms with E-state index in [-0.39, 0.29) is 0 Å². The third-order valence-corrected chi connectivity index (χ3v) is 3.28. The maximum atomic E-state index is 4.69. The summed E-state index contributed by atoms with van der Waals surface area (Å²) in [5.41, 5.74) is 0. The number of allylic oxidation sites excluding steroid dienone is 1. The van der Waals surface area contributed by atoms with Gasteiger partial charge in [0.15, 0.2) is 5.75 Å². The van der Waals surface area contributed by atoms with Crippen LogP contribution in [0.3, 0.4) is 0 Å². The maximum absolute atomic E-state index is 4.69. The Morgan fingerprint density at radius 1 is 0.704 bits per heavy atom. The minimum Gasteiger partial charge on any atom is -0.311 e. The molecule has 0 aromatic heterocycles. The van der Waals surface area contributed by atoms with Crippen LogP contribution >= 0.6 is 0 Å². The highest BCUT2D eigenvalue weighted by Crippen LogP contribution is 2.12. The summed E-state index contributed by atoms with van der Waals surface area (Å²) in [5, 5.41) is 31.9. The van der Waals surface area contributed by atoms with Gasteiger partial charge in [0.1, 0.15) is 5.76 Å². The van der Waals surface area contributed by atoms with E-state index in [1.807, 2.05) is 0 Å². The van der Waals surface area contributed by atoms with E-state index in [0.29, 0.717) is 17.9 Å². The Labute approximate surface area is 157 Å². The summed E-state index contributed by atoms with van der Waals surface area (Å²) in [4.78, 5) is 9.32. The van der Waals surface area contributed by atoms with Crippen molar-refractivity contribution in [2.75, 3.05) is 0 Å². The molecule has 0 heterocycles. The largest absolute Gasteiger partial charge is 0.311 e. The Balaban J connectivity index is 1.77. The van der Waals surface area contributed by atoms with Crippen LogP contribution < -0.4 is 4.89 Å². The van der Waals surface area contributed by atoms with Crippen molar-refractivity contribution in [1.82, 2.24) is 0 Å². The summed E-state index contributed by atoms with van der Waals surface area (Å²) in [6.45, 7) is 5.86. The second kappa shape index (κ2) is 17.6. The average Bonchev–Trinajstić information content (AvgIpc) is 2.69. The molecule has 0 saturated carbocycles. The molecule has 27 heavy (non-hydrogen) atoms. The first-order valence-electron chi connectivity index (χ1n) is 8.73. The molecule has 154 valence electrons. The molecule has 0 atom stereocenters. The second-order valence-corrected chi connectivity index (χ2v) is 5.43. The third-order valence-electron chi connectivity index (χ3n) is 3.28. The van der Waals surface area contributed by atoms with Gasteiger partial charge in [-0.15, -0.1) is 0 Å². The Bertz CT molecular complexity index is 456. The zero-order valence-corrected chi connectivity index (χ0v) is 15.3. The molecule has 10 heteroatoms. The summed E-state index contributed by atoms with van der Waals surface area (Å²) in [5.74, 6) is 0.767. The van der Waals surface area contributed by atoms with Gasteiger partial charge >= 0.3 is 0 Å². The van der Waals surface area contributed by atoms with Crippen LogP contribution in [0.25, 0.3) is 0 Å². The lowest BCUT2D eigenvalue weighted by Crippen LogP contribution is -2.04. The van der Waals surface area contributed by atoms with Gasteiger partial charge in [-0.1, -0.05) is 70.2 Å². The van der Waals surface area contributed by atoms with E-state index in [4.69, 9.17) is 0 Å². The van der Waals surface area contributed by atoms with E-state index < -0.39 is 0 Å². The molecule has 0 unspecified atom stereocenters. The van der Waals surface area contributed by atoms with Gasteiger partial charge in [-0.05, 0) is 18.6 Å². The number of unbranched alkanes of at least 4 members (excludes halogenated alkanes) is 6. The molecule has 10 nitrogen and oxygen atoms in total. The molecule has 0 bridgehead atoms. The van der Waals surface area contributed by atoms with E-state index in [1.165, 1.54) is 32.1 Å². The summed E-state index contributed by atoms with van der Waals surface area (Å²) < 4.78 is 0. The first kappa shape index (κ1) is 23.3. The number of rotatable bonds is 19. The van der Waals surface area contributed by atoms with Crippen LogP contribution in [0.2, 0.25) is 0 Å². The standard InChI is InChI=1S/C17H26O10/c1-3-4-5-6-7-8-10-13-16(2)18-20-22-24-26-27-25-23-21-19-17-14-11-9-12-15-17/h9,11-12,14-15H,2-8,10,13H2,1H3. The molecule has 0 aliphatic heterocycles. The highest BCUT2D eigenvalue weighted by Gasteiger charge is 2.01. The van der Waals surface area contributed by atoms with Crippen molar-refractivity contribution in [2.45, 2.75) is 58.3 Å². The van der Waals surface area contributed by atoms with Crippen molar-refractivity contribution in [3.05, 3.63) is 42.7 Å². The van der Waals surface area contributed by atoms with Crippen LogP contribution in [0.4, 0.5) is 0 Å². The average molecular weight is 390 g/mol. The fourth-order valence-corrected chi connectivity index (χ4v) is 1.98. The van der Waals surface area contributed by atoms with Gasteiger partial charge in [-0.25, -0.2) is 0 Å². The Morgan fingerprint density at radius 3 is 1.93 bits per heavy atom.